The molecule has 2 aliphatic heterocycles. The van der Waals surface area contributed by atoms with Crippen molar-refractivity contribution in [1.29, 1.82) is 0 Å². The van der Waals surface area contributed by atoms with E-state index in [4.69, 9.17) is 23.9 Å². The Bertz CT molecular complexity index is 401. The van der Waals surface area contributed by atoms with Crippen molar-refractivity contribution in [3.63, 3.8) is 0 Å². The van der Waals surface area contributed by atoms with Crippen LogP contribution in [0.25, 0.3) is 0 Å². The van der Waals surface area contributed by atoms with Crippen molar-refractivity contribution in [3.05, 3.63) is 0 Å². The summed E-state index contributed by atoms with van der Waals surface area (Å²) in [5, 5.41) is 3.42. The van der Waals surface area contributed by atoms with E-state index in [0.717, 1.165) is 104 Å². The first-order chi connectivity index (χ1) is 13.3. The molecule has 0 saturated carbocycles. The Hall–Kier alpha value is -0.160. The van der Waals surface area contributed by atoms with Crippen molar-refractivity contribution in [3.8, 4) is 0 Å². The highest BCUT2D eigenvalue weighted by atomic mass is 127. The molecular weight excluding hydrogens is 473 g/mol. The molecule has 1 atom stereocenters. The van der Waals surface area contributed by atoms with Gasteiger partial charge < -0.3 is 29.2 Å². The zero-order valence-corrected chi connectivity index (χ0v) is 20.0. The fraction of sp³-hybridized carbons (Fsp3) is 0.950. The number of guanidine groups is 1. The summed E-state index contributed by atoms with van der Waals surface area (Å²) in [5.74, 6) is 1.61. The second kappa shape index (κ2) is 16.6. The molecule has 8 heteroatoms. The van der Waals surface area contributed by atoms with Crippen LogP contribution in [0, 0.1) is 5.92 Å². The fourth-order valence-electron chi connectivity index (χ4n) is 3.43. The first-order valence-corrected chi connectivity index (χ1v) is 10.6. The number of piperidine rings is 1. The zero-order valence-electron chi connectivity index (χ0n) is 17.7. The second-order valence-electron chi connectivity index (χ2n) is 7.30. The summed E-state index contributed by atoms with van der Waals surface area (Å²) in [5.41, 5.74) is 0. The second-order valence-corrected chi connectivity index (χ2v) is 7.30. The molecule has 2 saturated heterocycles. The number of methoxy groups -OCH3 is 1. The molecule has 0 amide bonds. The van der Waals surface area contributed by atoms with Crippen LogP contribution in [0.4, 0.5) is 0 Å². The van der Waals surface area contributed by atoms with Gasteiger partial charge in [0, 0.05) is 65.6 Å². The number of aliphatic imine (C=N–C) groups is 1. The molecule has 2 heterocycles. The van der Waals surface area contributed by atoms with Gasteiger partial charge in [0.15, 0.2) is 5.96 Å². The van der Waals surface area contributed by atoms with E-state index in [9.17, 15) is 0 Å². The van der Waals surface area contributed by atoms with Crippen LogP contribution in [0.1, 0.15) is 39.0 Å². The minimum absolute atomic E-state index is 0. The first-order valence-electron chi connectivity index (χ1n) is 10.6. The van der Waals surface area contributed by atoms with Crippen molar-refractivity contribution in [2.45, 2.75) is 45.1 Å². The first kappa shape index (κ1) is 25.9. The van der Waals surface area contributed by atoms with E-state index in [1.807, 2.05) is 0 Å². The highest BCUT2D eigenvalue weighted by Crippen LogP contribution is 2.14. The lowest BCUT2D eigenvalue weighted by Gasteiger charge is -2.34. The minimum atomic E-state index is 0. The Morgan fingerprint density at radius 2 is 1.96 bits per heavy atom. The van der Waals surface area contributed by atoms with E-state index >= 15 is 0 Å². The Labute approximate surface area is 187 Å². The summed E-state index contributed by atoms with van der Waals surface area (Å²) in [7, 11) is 1.73. The number of ether oxygens (including phenoxy) is 4. The number of hydrogen-bond acceptors (Lipinski definition) is 5. The van der Waals surface area contributed by atoms with Gasteiger partial charge >= 0.3 is 0 Å². The van der Waals surface area contributed by atoms with Gasteiger partial charge in [-0.05, 0) is 39.0 Å². The molecule has 1 N–H and O–H groups in total. The highest BCUT2D eigenvalue weighted by Gasteiger charge is 2.21. The molecule has 28 heavy (non-hydrogen) atoms. The summed E-state index contributed by atoms with van der Waals surface area (Å²) < 4.78 is 22.2. The van der Waals surface area contributed by atoms with Gasteiger partial charge in [-0.15, -0.1) is 24.0 Å². The third-order valence-electron chi connectivity index (χ3n) is 5.01. The van der Waals surface area contributed by atoms with Crippen molar-refractivity contribution in [2.24, 2.45) is 10.9 Å². The number of nitrogens with zero attached hydrogens (tertiary/aromatic N) is 2. The summed E-state index contributed by atoms with van der Waals surface area (Å²) >= 11 is 0. The predicted molar refractivity (Wildman–Crippen MR) is 123 cm³/mol. The summed E-state index contributed by atoms with van der Waals surface area (Å²) in [6, 6.07) is 0. The van der Waals surface area contributed by atoms with Gasteiger partial charge in [-0.2, -0.15) is 0 Å². The van der Waals surface area contributed by atoms with Gasteiger partial charge in [-0.3, -0.25) is 4.99 Å². The maximum absolute atomic E-state index is 5.95. The number of hydrogen-bond donors (Lipinski definition) is 1. The molecule has 7 nitrogen and oxygen atoms in total. The lowest BCUT2D eigenvalue weighted by molar-refractivity contribution is 0.00990. The van der Waals surface area contributed by atoms with Gasteiger partial charge in [0.05, 0.1) is 19.3 Å². The molecule has 0 radical (unpaired) electrons. The van der Waals surface area contributed by atoms with Crippen LogP contribution in [0.5, 0.6) is 0 Å². The summed E-state index contributed by atoms with van der Waals surface area (Å²) in [6.45, 7) is 10.7. The quantitative estimate of drug-likeness (QED) is 0.187. The Morgan fingerprint density at radius 3 is 2.64 bits per heavy atom. The Morgan fingerprint density at radius 1 is 1.14 bits per heavy atom. The molecule has 2 rings (SSSR count). The largest absolute Gasteiger partial charge is 0.385 e. The standard InChI is InChI=1S/C20H39N3O4.HI/c1-3-21-20(22-9-4-13-25-16-18-8-15-26-17-18)23-10-6-19(7-11-23)27-14-5-12-24-2;/h18-19H,3-17H2,1-2H3,(H,21,22);1H. The lowest BCUT2D eigenvalue weighted by atomic mass is 10.1. The number of likely N-dealkylation sites (tertiary alicyclic amines) is 1. The molecule has 0 aromatic heterocycles. The molecule has 0 aromatic rings. The fourth-order valence-corrected chi connectivity index (χ4v) is 3.43. The summed E-state index contributed by atoms with van der Waals surface area (Å²) in [4.78, 5) is 7.14. The van der Waals surface area contributed by atoms with Crippen molar-refractivity contribution in [2.75, 3.05) is 72.9 Å². The van der Waals surface area contributed by atoms with E-state index in [1.54, 1.807) is 7.11 Å². The SMILES string of the molecule is CCNC(=NCCCOCC1CCOC1)N1CCC(OCCCOC)CC1.I. The van der Waals surface area contributed by atoms with Crippen LogP contribution in [-0.4, -0.2) is 89.9 Å². The predicted octanol–water partition coefficient (Wildman–Crippen LogP) is 2.53. The molecule has 166 valence electrons. The van der Waals surface area contributed by atoms with Crippen LogP contribution < -0.4 is 5.32 Å². The summed E-state index contributed by atoms with van der Waals surface area (Å²) in [6.07, 6.45) is 5.55. The molecule has 0 bridgehead atoms. The third kappa shape index (κ3) is 10.6. The highest BCUT2D eigenvalue weighted by molar-refractivity contribution is 14.0. The van der Waals surface area contributed by atoms with Crippen molar-refractivity contribution >= 4 is 29.9 Å². The molecular formula is C20H40IN3O4. The minimum Gasteiger partial charge on any atom is -0.385 e. The van der Waals surface area contributed by atoms with Crippen LogP contribution in [0.2, 0.25) is 0 Å². The monoisotopic (exact) mass is 513 g/mol. The average Bonchev–Trinajstić information content (AvgIpc) is 3.21. The van der Waals surface area contributed by atoms with Crippen LogP contribution in [-0.2, 0) is 18.9 Å². The topological polar surface area (TPSA) is 64.6 Å². The van der Waals surface area contributed by atoms with Gasteiger partial charge in [0.2, 0.25) is 0 Å². The van der Waals surface area contributed by atoms with Crippen LogP contribution in [0.3, 0.4) is 0 Å². The van der Waals surface area contributed by atoms with E-state index in [2.05, 4.69) is 17.1 Å². The Kier molecular flexibility index (Phi) is 15.4. The molecule has 1 unspecified atom stereocenters. The van der Waals surface area contributed by atoms with Gasteiger partial charge in [0.25, 0.3) is 0 Å². The smallest absolute Gasteiger partial charge is 0.193 e. The molecule has 2 aliphatic rings. The third-order valence-corrected chi connectivity index (χ3v) is 5.01. The lowest BCUT2D eigenvalue weighted by Crippen LogP contribution is -2.47. The van der Waals surface area contributed by atoms with Gasteiger partial charge in [-0.1, -0.05) is 0 Å². The number of halogens is 1. The molecule has 0 spiro atoms. The van der Waals surface area contributed by atoms with Crippen molar-refractivity contribution < 1.29 is 18.9 Å². The van der Waals surface area contributed by atoms with Crippen molar-refractivity contribution in [1.82, 2.24) is 10.2 Å². The normalized spacial score (nSPS) is 21.0. The average molecular weight is 513 g/mol. The number of rotatable bonds is 12. The van der Waals surface area contributed by atoms with Gasteiger partial charge in [-0.25, -0.2) is 0 Å². The van der Waals surface area contributed by atoms with E-state index < -0.39 is 0 Å². The van der Waals surface area contributed by atoms with Gasteiger partial charge in [0.1, 0.15) is 0 Å². The number of nitrogens with one attached hydrogen (secondary N) is 1. The van der Waals surface area contributed by atoms with E-state index in [-0.39, 0.29) is 24.0 Å². The van der Waals surface area contributed by atoms with E-state index in [1.165, 1.54) is 0 Å². The van der Waals surface area contributed by atoms with E-state index in [0.29, 0.717) is 12.0 Å². The maximum atomic E-state index is 5.95. The molecule has 2 fully saturated rings. The maximum Gasteiger partial charge on any atom is 0.193 e. The van der Waals surface area contributed by atoms with Crippen LogP contribution in [0.15, 0.2) is 4.99 Å². The van der Waals surface area contributed by atoms with Crippen LogP contribution >= 0.6 is 24.0 Å². The molecule has 0 aromatic carbocycles. The zero-order chi connectivity index (χ0) is 19.2. The Balaban J connectivity index is 0.00000392. The molecule has 0 aliphatic carbocycles.